The van der Waals surface area contributed by atoms with Gasteiger partial charge in [0.25, 0.3) is 0 Å². The number of nitrogens with two attached hydrogens (primary N) is 1. The number of aromatic nitrogens is 2. The molecule has 1 aliphatic rings. The smallest absolute Gasteiger partial charge is 0.159 e. The molecule has 0 aromatic carbocycles. The number of hydrogen-bond donors (Lipinski definition) is 2. The lowest BCUT2D eigenvalue weighted by Crippen LogP contribution is -2.33. The number of nitrogens with zero attached hydrogens (tertiary/aromatic N) is 2. The molecule has 19 heavy (non-hydrogen) atoms. The summed E-state index contributed by atoms with van der Waals surface area (Å²) in [5.74, 6) is 0.646. The van der Waals surface area contributed by atoms with Crippen LogP contribution in [0.5, 0.6) is 0 Å². The van der Waals surface area contributed by atoms with Crippen molar-refractivity contribution >= 4 is 23.0 Å². The predicted octanol–water partition coefficient (Wildman–Crippen LogP) is 1.71. The normalized spacial score (nSPS) is 22.5. The number of aryl methyl sites for hydroxylation is 1. The van der Waals surface area contributed by atoms with Crippen LogP contribution in [0.2, 0.25) is 0 Å². The molecule has 5 nitrogen and oxygen atoms in total. The summed E-state index contributed by atoms with van der Waals surface area (Å²) in [7, 11) is 0. The van der Waals surface area contributed by atoms with Gasteiger partial charge in [-0.3, -0.25) is 0 Å². The van der Waals surface area contributed by atoms with E-state index in [1.54, 1.807) is 0 Å². The summed E-state index contributed by atoms with van der Waals surface area (Å²) < 4.78 is 5.74. The van der Waals surface area contributed by atoms with Gasteiger partial charge in [-0.1, -0.05) is 12.2 Å². The van der Waals surface area contributed by atoms with E-state index in [-0.39, 0.29) is 5.60 Å². The maximum absolute atomic E-state index is 5.79. The monoisotopic (exact) mass is 280 g/mol. The topological polar surface area (TPSA) is 73.1 Å². The number of thiocarbonyl (C=S) groups is 1. The van der Waals surface area contributed by atoms with Gasteiger partial charge in [0.2, 0.25) is 0 Å². The molecular formula is C13H20N4OS. The number of nitrogens with one attached hydrogen (secondary N) is 1. The van der Waals surface area contributed by atoms with Crippen LogP contribution in [0.3, 0.4) is 0 Å². The summed E-state index contributed by atoms with van der Waals surface area (Å²) in [6.07, 6.45) is 2.14. The van der Waals surface area contributed by atoms with E-state index < -0.39 is 0 Å². The highest BCUT2D eigenvalue weighted by Crippen LogP contribution is 2.26. The average molecular weight is 280 g/mol. The standard InChI is InChI=1S/C13H20N4OS/c1-8-9(2)16-17-12(10(8)11(14)19)15-7-13(3)5-4-6-18-13/h4-7H2,1-3H3,(H2,14,19)(H,15,17). The van der Waals surface area contributed by atoms with Crippen LogP contribution >= 0.6 is 12.2 Å². The summed E-state index contributed by atoms with van der Waals surface area (Å²) in [6.45, 7) is 7.45. The highest BCUT2D eigenvalue weighted by Gasteiger charge is 2.30. The summed E-state index contributed by atoms with van der Waals surface area (Å²) in [5.41, 5.74) is 8.25. The molecule has 2 heterocycles. The van der Waals surface area contributed by atoms with Crippen molar-refractivity contribution in [2.75, 3.05) is 18.5 Å². The molecule has 0 aliphatic carbocycles. The quantitative estimate of drug-likeness (QED) is 0.818. The van der Waals surface area contributed by atoms with Gasteiger partial charge in [-0.15, -0.1) is 5.10 Å². The molecule has 1 aromatic heterocycles. The van der Waals surface area contributed by atoms with Crippen LogP contribution in [-0.4, -0.2) is 33.9 Å². The fraction of sp³-hybridized carbons (Fsp3) is 0.615. The van der Waals surface area contributed by atoms with Gasteiger partial charge < -0.3 is 15.8 Å². The molecule has 0 radical (unpaired) electrons. The Morgan fingerprint density at radius 1 is 1.47 bits per heavy atom. The zero-order valence-corrected chi connectivity index (χ0v) is 12.4. The van der Waals surface area contributed by atoms with E-state index in [4.69, 9.17) is 22.7 Å². The van der Waals surface area contributed by atoms with Crippen molar-refractivity contribution in [3.63, 3.8) is 0 Å². The van der Waals surface area contributed by atoms with Crippen molar-refractivity contribution in [2.24, 2.45) is 5.73 Å². The molecule has 0 saturated carbocycles. The first-order chi connectivity index (χ1) is 8.93. The SMILES string of the molecule is Cc1nnc(NCC2(C)CCCO2)c(C(N)=S)c1C. The Morgan fingerprint density at radius 3 is 2.79 bits per heavy atom. The molecule has 1 atom stereocenters. The number of anilines is 1. The maximum Gasteiger partial charge on any atom is 0.159 e. The highest BCUT2D eigenvalue weighted by atomic mass is 32.1. The third kappa shape index (κ3) is 3.01. The Morgan fingerprint density at radius 2 is 2.21 bits per heavy atom. The lowest BCUT2D eigenvalue weighted by atomic mass is 10.0. The molecule has 3 N–H and O–H groups in total. The van der Waals surface area contributed by atoms with Gasteiger partial charge in [0.05, 0.1) is 16.9 Å². The minimum atomic E-state index is -0.145. The van der Waals surface area contributed by atoms with Crippen LogP contribution in [0, 0.1) is 13.8 Å². The van der Waals surface area contributed by atoms with Crippen LogP contribution in [0.15, 0.2) is 0 Å². The Labute approximate surface area is 118 Å². The molecule has 1 aliphatic heterocycles. The fourth-order valence-corrected chi connectivity index (χ4v) is 2.53. The lowest BCUT2D eigenvalue weighted by molar-refractivity contribution is 0.0314. The zero-order chi connectivity index (χ0) is 14.0. The van der Waals surface area contributed by atoms with E-state index in [2.05, 4.69) is 22.4 Å². The Hall–Kier alpha value is -1.27. The van der Waals surface area contributed by atoms with E-state index in [9.17, 15) is 0 Å². The average Bonchev–Trinajstić information content (AvgIpc) is 2.78. The molecule has 1 aromatic rings. The van der Waals surface area contributed by atoms with Gasteiger partial charge in [0.1, 0.15) is 4.99 Å². The largest absolute Gasteiger partial charge is 0.389 e. The van der Waals surface area contributed by atoms with E-state index >= 15 is 0 Å². The first-order valence-corrected chi connectivity index (χ1v) is 6.85. The second-order valence-corrected chi connectivity index (χ2v) is 5.69. The van der Waals surface area contributed by atoms with Crippen molar-refractivity contribution in [3.05, 3.63) is 16.8 Å². The molecule has 2 rings (SSSR count). The van der Waals surface area contributed by atoms with Gasteiger partial charge >= 0.3 is 0 Å². The van der Waals surface area contributed by atoms with Crippen LogP contribution in [0.1, 0.15) is 36.6 Å². The van der Waals surface area contributed by atoms with Gasteiger partial charge in [0.15, 0.2) is 5.82 Å². The van der Waals surface area contributed by atoms with Crippen molar-refractivity contribution < 1.29 is 4.74 Å². The van der Waals surface area contributed by atoms with E-state index in [1.807, 2.05) is 13.8 Å². The molecule has 1 saturated heterocycles. The Balaban J connectivity index is 2.20. The minimum Gasteiger partial charge on any atom is -0.389 e. The van der Waals surface area contributed by atoms with E-state index in [0.717, 1.165) is 36.3 Å². The van der Waals surface area contributed by atoms with Gasteiger partial charge in [-0.25, -0.2) is 0 Å². The number of ether oxygens (including phenoxy) is 1. The molecule has 1 fully saturated rings. The van der Waals surface area contributed by atoms with E-state index in [1.165, 1.54) is 0 Å². The molecule has 104 valence electrons. The van der Waals surface area contributed by atoms with E-state index in [0.29, 0.717) is 17.4 Å². The predicted molar refractivity (Wildman–Crippen MR) is 79.5 cm³/mol. The highest BCUT2D eigenvalue weighted by molar-refractivity contribution is 7.80. The van der Waals surface area contributed by atoms with Crippen LogP contribution in [0.25, 0.3) is 0 Å². The van der Waals surface area contributed by atoms with Crippen molar-refractivity contribution in [2.45, 2.75) is 39.2 Å². The lowest BCUT2D eigenvalue weighted by Gasteiger charge is -2.24. The van der Waals surface area contributed by atoms with Gasteiger partial charge in [-0.05, 0) is 39.2 Å². The van der Waals surface area contributed by atoms with Crippen molar-refractivity contribution in [1.29, 1.82) is 0 Å². The first kappa shape index (κ1) is 14.1. The molecule has 0 bridgehead atoms. The number of hydrogen-bond acceptors (Lipinski definition) is 5. The number of rotatable bonds is 4. The molecule has 1 unspecified atom stereocenters. The van der Waals surface area contributed by atoms with Crippen LogP contribution in [-0.2, 0) is 4.74 Å². The molecular weight excluding hydrogens is 260 g/mol. The minimum absolute atomic E-state index is 0.145. The van der Waals surface area contributed by atoms with Crippen LogP contribution in [0.4, 0.5) is 5.82 Å². The fourth-order valence-electron chi connectivity index (χ4n) is 2.28. The third-order valence-electron chi connectivity index (χ3n) is 3.63. The molecule has 0 amide bonds. The van der Waals surface area contributed by atoms with Crippen LogP contribution < -0.4 is 11.1 Å². The summed E-state index contributed by atoms with van der Waals surface area (Å²) >= 11 is 5.11. The molecule has 0 spiro atoms. The first-order valence-electron chi connectivity index (χ1n) is 6.44. The summed E-state index contributed by atoms with van der Waals surface area (Å²) in [4.78, 5) is 0.343. The van der Waals surface area contributed by atoms with Crippen molar-refractivity contribution in [3.8, 4) is 0 Å². The zero-order valence-electron chi connectivity index (χ0n) is 11.6. The van der Waals surface area contributed by atoms with Gasteiger partial charge in [0, 0.05) is 13.2 Å². The Bertz CT molecular complexity index is 498. The third-order valence-corrected chi connectivity index (χ3v) is 3.84. The summed E-state index contributed by atoms with van der Waals surface area (Å²) in [6, 6.07) is 0. The summed E-state index contributed by atoms with van der Waals surface area (Å²) in [5, 5.41) is 11.6. The second kappa shape index (κ2) is 5.38. The van der Waals surface area contributed by atoms with Crippen molar-refractivity contribution in [1.82, 2.24) is 10.2 Å². The second-order valence-electron chi connectivity index (χ2n) is 5.25. The Kier molecular flexibility index (Phi) is 4.01. The van der Waals surface area contributed by atoms with Gasteiger partial charge in [-0.2, -0.15) is 5.10 Å². The molecule has 6 heteroatoms. The maximum atomic E-state index is 5.79.